The Bertz CT molecular complexity index is 374. The van der Waals surface area contributed by atoms with Crippen LogP contribution in [0.5, 0.6) is 0 Å². The number of carbonyl (C=O) groups excluding carboxylic acids is 1. The number of esters is 1. The fourth-order valence-corrected chi connectivity index (χ4v) is 10.6. The number of halogens is 2. The molecule has 1 aliphatic carbocycles. The van der Waals surface area contributed by atoms with Crippen LogP contribution in [0.4, 0.5) is 0 Å². The fraction of sp³-hybridized carbons (Fsp3) is 0.917. The van der Waals surface area contributed by atoms with E-state index in [1.54, 1.807) is 0 Å². The molecule has 3 aliphatic rings. The standard InChI is InChI=1S/C12H20I2N2O2/c1-3-6-11(7-4-5-8-11)18-9(17)10(2,13)12-14(15-12)16-12/h15-16H,3-8H2,1-2H3. The Morgan fingerprint density at radius 2 is 2.00 bits per heavy atom. The molecule has 0 aromatic carbocycles. The van der Waals surface area contributed by atoms with E-state index in [0.29, 0.717) is 0 Å². The summed E-state index contributed by atoms with van der Waals surface area (Å²) in [7, 11) is 0. The van der Waals surface area contributed by atoms with Gasteiger partial charge in [0.2, 0.25) is 0 Å². The summed E-state index contributed by atoms with van der Waals surface area (Å²) in [6.07, 6.45) is 6.61. The topological polar surface area (TPSA) is 70.2 Å². The van der Waals surface area contributed by atoms with Gasteiger partial charge in [-0.25, -0.2) is 0 Å². The van der Waals surface area contributed by atoms with Gasteiger partial charge in [0, 0.05) is 0 Å². The van der Waals surface area contributed by atoms with Crippen LogP contribution in [0.3, 0.4) is 0 Å². The van der Waals surface area contributed by atoms with Gasteiger partial charge in [0.1, 0.15) is 0 Å². The molecule has 1 unspecified atom stereocenters. The first-order chi connectivity index (χ1) is 8.46. The van der Waals surface area contributed by atoms with Crippen molar-refractivity contribution in [3.05, 3.63) is 0 Å². The van der Waals surface area contributed by atoms with E-state index in [-0.39, 0.29) is 15.2 Å². The summed E-state index contributed by atoms with van der Waals surface area (Å²) in [6, 6.07) is 0. The molecular weight excluding hydrogens is 458 g/mol. The second kappa shape index (κ2) is 4.42. The van der Waals surface area contributed by atoms with Crippen LogP contribution in [0, 0.1) is 0 Å². The Kier molecular flexibility index (Phi) is 3.39. The molecule has 0 aromatic rings. The minimum atomic E-state index is -1.10. The van der Waals surface area contributed by atoms with Crippen LogP contribution < -0.4 is 7.06 Å². The Morgan fingerprint density at radius 3 is 2.44 bits per heavy atom. The van der Waals surface area contributed by atoms with E-state index >= 15 is 0 Å². The molecule has 3 rings (SSSR count). The van der Waals surface area contributed by atoms with E-state index in [1.807, 2.05) is 6.92 Å². The zero-order valence-electron chi connectivity index (χ0n) is 10.8. The molecule has 0 bridgehead atoms. The summed E-state index contributed by atoms with van der Waals surface area (Å²) in [6.45, 7) is 4.18. The van der Waals surface area contributed by atoms with Gasteiger partial charge in [0.15, 0.2) is 0 Å². The number of fused-ring (bicyclic) bond motifs is 1. The SMILES string of the molecule is CCCC1(OC(=O)C(C)(I)C23NI2N3)CCCC1. The number of rotatable bonds is 5. The molecule has 2 saturated heterocycles. The van der Waals surface area contributed by atoms with Crippen molar-refractivity contribution in [3.8, 4) is 0 Å². The first-order valence-electron chi connectivity index (χ1n) is 6.64. The number of ether oxygens (including phenoxy) is 1. The number of hydrogen-bond acceptors (Lipinski definition) is 4. The molecule has 1 saturated carbocycles. The van der Waals surface area contributed by atoms with E-state index in [0.717, 1.165) is 25.7 Å². The second-order valence-electron chi connectivity index (χ2n) is 5.66. The molecule has 2 aliphatic heterocycles. The average molecular weight is 478 g/mol. The third-order valence-corrected chi connectivity index (χ3v) is 11.4. The van der Waals surface area contributed by atoms with Crippen LogP contribution in [-0.2, 0) is 9.53 Å². The number of hydrogen-bond donors (Lipinski definition) is 2. The second-order valence-corrected chi connectivity index (χ2v) is 12.1. The van der Waals surface area contributed by atoms with E-state index in [9.17, 15) is 4.79 Å². The van der Waals surface area contributed by atoms with E-state index in [1.165, 1.54) is 12.8 Å². The van der Waals surface area contributed by atoms with Crippen LogP contribution in [0.15, 0.2) is 0 Å². The van der Waals surface area contributed by atoms with Crippen molar-refractivity contribution in [1.29, 1.82) is 0 Å². The molecule has 0 amide bonds. The Hall–Kier alpha value is 0.850. The van der Waals surface area contributed by atoms with Crippen LogP contribution in [-0.4, -0.2) is 18.7 Å². The van der Waals surface area contributed by atoms with Crippen molar-refractivity contribution < 1.29 is 9.53 Å². The van der Waals surface area contributed by atoms with Crippen molar-refractivity contribution in [2.24, 2.45) is 0 Å². The van der Waals surface area contributed by atoms with Crippen molar-refractivity contribution in [1.82, 2.24) is 7.06 Å². The summed E-state index contributed by atoms with van der Waals surface area (Å²) in [4.78, 5) is 12.5. The van der Waals surface area contributed by atoms with Gasteiger partial charge in [0.05, 0.1) is 0 Å². The summed E-state index contributed by atoms with van der Waals surface area (Å²) >= 11 is 1.18. The van der Waals surface area contributed by atoms with Gasteiger partial charge in [0.25, 0.3) is 0 Å². The molecule has 0 aromatic heterocycles. The van der Waals surface area contributed by atoms with Gasteiger partial charge < -0.3 is 0 Å². The zero-order chi connectivity index (χ0) is 13.0. The van der Waals surface area contributed by atoms with Gasteiger partial charge in [-0.05, 0) is 0 Å². The van der Waals surface area contributed by atoms with Crippen molar-refractivity contribution in [3.63, 3.8) is 0 Å². The van der Waals surface area contributed by atoms with Gasteiger partial charge in [-0.15, -0.1) is 0 Å². The van der Waals surface area contributed by atoms with E-state index in [2.05, 4.69) is 36.6 Å². The first kappa shape index (κ1) is 13.8. The predicted octanol–water partition coefficient (Wildman–Crippen LogP) is 3.03. The van der Waals surface area contributed by atoms with Gasteiger partial charge >= 0.3 is 131 Å². The number of alkyl halides is 2. The van der Waals surface area contributed by atoms with Crippen molar-refractivity contribution in [2.75, 3.05) is 0 Å². The fourth-order valence-electron chi connectivity index (χ4n) is 2.89. The molecule has 0 spiro atoms. The molecule has 18 heavy (non-hydrogen) atoms. The van der Waals surface area contributed by atoms with Crippen LogP contribution in [0.25, 0.3) is 0 Å². The molecule has 0 radical (unpaired) electrons. The Labute approximate surface area is 130 Å². The molecule has 6 heteroatoms. The third kappa shape index (κ3) is 2.01. The molecule has 4 nitrogen and oxygen atoms in total. The average Bonchev–Trinajstić information content (AvgIpc) is 3.11. The normalized spacial score (nSPS) is 31.4. The van der Waals surface area contributed by atoms with Gasteiger partial charge in [-0.2, -0.15) is 0 Å². The Balaban J connectivity index is 1.69. The molecule has 1 atom stereocenters. The van der Waals surface area contributed by atoms with E-state index < -0.39 is 23.8 Å². The van der Waals surface area contributed by atoms with Crippen LogP contribution in [0.2, 0.25) is 0 Å². The van der Waals surface area contributed by atoms with Crippen molar-refractivity contribution >= 4 is 48.9 Å². The molecule has 104 valence electrons. The third-order valence-electron chi connectivity index (χ3n) is 4.22. The zero-order valence-corrected chi connectivity index (χ0v) is 15.1. The Morgan fingerprint density at radius 1 is 1.44 bits per heavy atom. The monoisotopic (exact) mass is 478 g/mol. The minimum absolute atomic E-state index is 0.0133. The number of nitrogens with one attached hydrogen (secondary N) is 2. The van der Waals surface area contributed by atoms with Crippen molar-refractivity contribution in [2.45, 2.75) is 65.1 Å². The first-order valence-corrected chi connectivity index (χ1v) is 11.0. The molecule has 2 heterocycles. The maximum absolute atomic E-state index is 12.5. The van der Waals surface area contributed by atoms with Gasteiger partial charge in [-0.1, -0.05) is 0 Å². The maximum atomic E-state index is 12.5. The summed E-state index contributed by atoms with van der Waals surface area (Å²) in [5.41, 5.74) is -0.155. The van der Waals surface area contributed by atoms with E-state index in [4.69, 9.17) is 4.74 Å². The van der Waals surface area contributed by atoms with Crippen LogP contribution in [0.1, 0.15) is 52.4 Å². The van der Waals surface area contributed by atoms with Gasteiger partial charge in [-0.3, -0.25) is 0 Å². The summed E-state index contributed by atoms with van der Waals surface area (Å²) < 4.78 is 12.4. The summed E-state index contributed by atoms with van der Waals surface area (Å²) in [5.74, 6) is -0.0178. The molecule has 3 fully saturated rings. The quantitative estimate of drug-likeness (QED) is 0.159. The molecule has 2 N–H and O–H groups in total. The summed E-state index contributed by atoms with van der Waals surface area (Å²) in [5, 5.41) is 0. The number of carbonyl (C=O) groups is 1. The van der Waals surface area contributed by atoms with Crippen LogP contribution >= 0.6 is 43.0 Å². The molecular formula is C12H20I2N2O2. The predicted molar refractivity (Wildman–Crippen MR) is 87.6 cm³/mol.